The van der Waals surface area contributed by atoms with Gasteiger partial charge in [0.25, 0.3) is 0 Å². The Labute approximate surface area is 80.6 Å². The van der Waals surface area contributed by atoms with Crippen LogP contribution in [-0.4, -0.2) is 28.0 Å². The lowest BCUT2D eigenvalue weighted by Gasteiger charge is -2.02. The van der Waals surface area contributed by atoms with Crippen LogP contribution in [0.2, 0.25) is 0 Å². The Morgan fingerprint density at radius 1 is 1.50 bits per heavy atom. The molecule has 0 bridgehead atoms. The SMILES string of the molecule is Cc1nc(NCCN)nc2ncoc12. The molecule has 0 saturated carbocycles. The molecule has 0 saturated heterocycles. The molecule has 6 nitrogen and oxygen atoms in total. The van der Waals surface area contributed by atoms with E-state index in [1.165, 1.54) is 6.39 Å². The van der Waals surface area contributed by atoms with E-state index in [0.717, 1.165) is 5.69 Å². The van der Waals surface area contributed by atoms with Gasteiger partial charge in [-0.3, -0.25) is 0 Å². The van der Waals surface area contributed by atoms with Crippen LogP contribution in [0.3, 0.4) is 0 Å². The Bertz CT molecular complexity index is 438. The van der Waals surface area contributed by atoms with Crippen molar-refractivity contribution in [2.24, 2.45) is 5.73 Å². The third-order valence-electron chi connectivity index (χ3n) is 1.79. The number of fused-ring (bicyclic) bond motifs is 1. The number of nitrogens with zero attached hydrogens (tertiary/aromatic N) is 3. The molecule has 0 fully saturated rings. The molecular formula is C8H11N5O. The van der Waals surface area contributed by atoms with E-state index in [2.05, 4.69) is 20.3 Å². The van der Waals surface area contributed by atoms with Gasteiger partial charge in [-0.1, -0.05) is 0 Å². The largest absolute Gasteiger partial charge is 0.440 e. The van der Waals surface area contributed by atoms with Gasteiger partial charge in [-0.2, -0.15) is 9.97 Å². The zero-order valence-corrected chi connectivity index (χ0v) is 7.82. The number of anilines is 1. The average molecular weight is 193 g/mol. The van der Waals surface area contributed by atoms with Crippen LogP contribution < -0.4 is 11.1 Å². The fourth-order valence-electron chi connectivity index (χ4n) is 1.16. The molecule has 2 heterocycles. The smallest absolute Gasteiger partial charge is 0.225 e. The van der Waals surface area contributed by atoms with Crippen LogP contribution in [0.25, 0.3) is 11.2 Å². The molecule has 2 aromatic rings. The van der Waals surface area contributed by atoms with Gasteiger partial charge in [-0.05, 0) is 6.92 Å². The quantitative estimate of drug-likeness (QED) is 0.728. The van der Waals surface area contributed by atoms with E-state index in [-0.39, 0.29) is 0 Å². The van der Waals surface area contributed by atoms with Gasteiger partial charge in [0.1, 0.15) is 0 Å². The Kier molecular flexibility index (Phi) is 2.28. The van der Waals surface area contributed by atoms with Crippen molar-refractivity contribution >= 4 is 17.2 Å². The summed E-state index contributed by atoms with van der Waals surface area (Å²) in [5.74, 6) is 0.536. The van der Waals surface area contributed by atoms with Gasteiger partial charge in [-0.15, -0.1) is 0 Å². The standard InChI is InChI=1S/C8H11N5O/c1-5-6-7(11-4-14-6)13-8(12-5)10-3-2-9/h4H,2-3,9H2,1H3,(H,10,12,13). The molecule has 6 heteroatoms. The summed E-state index contributed by atoms with van der Waals surface area (Å²) in [5, 5.41) is 2.99. The molecule has 0 aliphatic rings. The third-order valence-corrected chi connectivity index (χ3v) is 1.79. The number of hydrogen-bond donors (Lipinski definition) is 2. The number of rotatable bonds is 3. The fourth-order valence-corrected chi connectivity index (χ4v) is 1.16. The van der Waals surface area contributed by atoms with Crippen LogP contribution in [0, 0.1) is 6.92 Å². The van der Waals surface area contributed by atoms with Crippen LogP contribution in [0.15, 0.2) is 10.8 Å². The lowest BCUT2D eigenvalue weighted by molar-refractivity contribution is 0.597. The number of aromatic nitrogens is 3. The second-order valence-corrected chi connectivity index (χ2v) is 2.85. The van der Waals surface area contributed by atoms with E-state index in [1.54, 1.807) is 0 Å². The van der Waals surface area contributed by atoms with Crippen molar-refractivity contribution in [2.45, 2.75) is 6.92 Å². The molecule has 14 heavy (non-hydrogen) atoms. The third kappa shape index (κ3) is 1.51. The highest BCUT2D eigenvalue weighted by Crippen LogP contribution is 2.14. The lowest BCUT2D eigenvalue weighted by Crippen LogP contribution is -2.15. The van der Waals surface area contributed by atoms with E-state index >= 15 is 0 Å². The molecule has 2 rings (SSSR count). The molecule has 3 N–H and O–H groups in total. The highest BCUT2D eigenvalue weighted by atomic mass is 16.3. The first-order valence-electron chi connectivity index (χ1n) is 4.33. The van der Waals surface area contributed by atoms with E-state index in [1.807, 2.05) is 6.92 Å². The van der Waals surface area contributed by atoms with Crippen LogP contribution in [0.5, 0.6) is 0 Å². The van der Waals surface area contributed by atoms with Crippen molar-refractivity contribution in [3.8, 4) is 0 Å². The summed E-state index contributed by atoms with van der Waals surface area (Å²) in [5.41, 5.74) is 7.32. The maximum atomic E-state index is 5.35. The molecule has 0 aliphatic heterocycles. The van der Waals surface area contributed by atoms with Gasteiger partial charge >= 0.3 is 0 Å². The Balaban J connectivity index is 2.38. The van der Waals surface area contributed by atoms with Crippen molar-refractivity contribution in [1.29, 1.82) is 0 Å². The zero-order valence-electron chi connectivity index (χ0n) is 7.82. The molecule has 2 aromatic heterocycles. The summed E-state index contributed by atoms with van der Waals surface area (Å²) < 4.78 is 5.12. The zero-order chi connectivity index (χ0) is 9.97. The van der Waals surface area contributed by atoms with Crippen LogP contribution in [-0.2, 0) is 0 Å². The van der Waals surface area contributed by atoms with Gasteiger partial charge < -0.3 is 15.5 Å². The number of aryl methyl sites for hydroxylation is 1. The first kappa shape index (κ1) is 8.89. The van der Waals surface area contributed by atoms with Crippen LogP contribution >= 0.6 is 0 Å². The number of nitrogens with one attached hydrogen (secondary N) is 1. The van der Waals surface area contributed by atoms with E-state index in [4.69, 9.17) is 10.2 Å². The van der Waals surface area contributed by atoms with E-state index < -0.39 is 0 Å². The summed E-state index contributed by atoms with van der Waals surface area (Å²) >= 11 is 0. The topological polar surface area (TPSA) is 89.9 Å². The van der Waals surface area contributed by atoms with Crippen molar-refractivity contribution < 1.29 is 4.42 Å². The van der Waals surface area contributed by atoms with E-state index in [0.29, 0.717) is 30.3 Å². The summed E-state index contributed by atoms with van der Waals surface area (Å²) in [6, 6.07) is 0. The molecule has 0 radical (unpaired) electrons. The average Bonchev–Trinajstić information content (AvgIpc) is 2.63. The van der Waals surface area contributed by atoms with Gasteiger partial charge in [0.2, 0.25) is 11.6 Å². The predicted molar refractivity (Wildman–Crippen MR) is 51.9 cm³/mol. The monoisotopic (exact) mass is 193 g/mol. The van der Waals surface area contributed by atoms with Gasteiger partial charge in [0.15, 0.2) is 12.0 Å². The van der Waals surface area contributed by atoms with Crippen molar-refractivity contribution in [2.75, 3.05) is 18.4 Å². The molecule has 0 unspecified atom stereocenters. The molecule has 0 aliphatic carbocycles. The number of oxazole rings is 1. The van der Waals surface area contributed by atoms with Gasteiger partial charge in [0, 0.05) is 13.1 Å². The van der Waals surface area contributed by atoms with Gasteiger partial charge in [0.05, 0.1) is 5.69 Å². The Morgan fingerprint density at radius 2 is 2.36 bits per heavy atom. The summed E-state index contributed by atoms with van der Waals surface area (Å²) in [6.07, 6.45) is 1.36. The second-order valence-electron chi connectivity index (χ2n) is 2.85. The molecule has 74 valence electrons. The number of nitrogens with two attached hydrogens (primary N) is 1. The van der Waals surface area contributed by atoms with Crippen LogP contribution in [0.4, 0.5) is 5.95 Å². The van der Waals surface area contributed by atoms with E-state index in [9.17, 15) is 0 Å². The second kappa shape index (κ2) is 3.59. The molecule has 0 spiro atoms. The minimum Gasteiger partial charge on any atom is -0.440 e. The Hall–Kier alpha value is -1.69. The first-order chi connectivity index (χ1) is 6.81. The predicted octanol–water partition coefficient (Wildman–Crippen LogP) is 0.297. The van der Waals surface area contributed by atoms with Crippen molar-refractivity contribution in [1.82, 2.24) is 15.0 Å². The van der Waals surface area contributed by atoms with Crippen LogP contribution in [0.1, 0.15) is 5.69 Å². The fraction of sp³-hybridized carbons (Fsp3) is 0.375. The normalized spacial score (nSPS) is 10.7. The van der Waals surface area contributed by atoms with Crippen molar-refractivity contribution in [3.05, 3.63) is 12.1 Å². The maximum Gasteiger partial charge on any atom is 0.225 e. The minimum atomic E-state index is 0.536. The van der Waals surface area contributed by atoms with Gasteiger partial charge in [-0.25, -0.2) is 4.98 Å². The summed E-state index contributed by atoms with van der Waals surface area (Å²) in [4.78, 5) is 12.3. The van der Waals surface area contributed by atoms with Crippen molar-refractivity contribution in [3.63, 3.8) is 0 Å². The molecule has 0 atom stereocenters. The number of hydrogen-bond acceptors (Lipinski definition) is 6. The highest BCUT2D eigenvalue weighted by Gasteiger charge is 2.07. The maximum absolute atomic E-state index is 5.35. The molecular weight excluding hydrogens is 182 g/mol. The summed E-state index contributed by atoms with van der Waals surface area (Å²) in [6.45, 7) is 3.03. The first-order valence-corrected chi connectivity index (χ1v) is 4.33. The summed E-state index contributed by atoms with van der Waals surface area (Å²) in [7, 11) is 0. The lowest BCUT2D eigenvalue weighted by atomic mass is 10.4. The Morgan fingerprint density at radius 3 is 3.14 bits per heavy atom. The molecule has 0 aromatic carbocycles. The minimum absolute atomic E-state index is 0.536. The highest BCUT2D eigenvalue weighted by molar-refractivity contribution is 5.71. The molecule has 0 amide bonds.